The number of hydrogen-bond acceptors (Lipinski definition) is 6. The fourth-order valence-electron chi connectivity index (χ4n) is 5.83. The molecule has 1 atom stereocenters. The zero-order chi connectivity index (χ0) is 32.2. The van der Waals surface area contributed by atoms with Gasteiger partial charge < -0.3 is 19.3 Å². The molecule has 0 saturated carbocycles. The molecule has 44 heavy (non-hydrogen) atoms. The van der Waals surface area contributed by atoms with Gasteiger partial charge in [-0.05, 0) is 84.6 Å². The number of hydrogen-bond donors (Lipinski definition) is 0. The van der Waals surface area contributed by atoms with Gasteiger partial charge in [-0.1, -0.05) is 41.5 Å². The van der Waals surface area contributed by atoms with Crippen LogP contribution in [-0.2, 0) is 36.8 Å². The third-order valence-corrected chi connectivity index (χ3v) is 7.94. The number of aromatic nitrogens is 1. The molecule has 9 heteroatoms. The first-order chi connectivity index (χ1) is 20.7. The van der Waals surface area contributed by atoms with E-state index in [2.05, 4.69) is 6.07 Å². The number of carbonyl (C=O) groups is 4. The van der Waals surface area contributed by atoms with E-state index in [-0.39, 0.29) is 37.2 Å². The van der Waals surface area contributed by atoms with Gasteiger partial charge in [-0.3, -0.25) is 19.0 Å². The standard InChI is InChI=1S/C35H45N3O6/c1-8-43-31(40)10-9-15-36(23-26-11-12-28-13-16-37(29(28)21-26)33(42)44-34(4,5)6)32(41)35(7)14-17-38(35)30(39)22-27-19-24(2)18-25(3)20-27/h11-13,16,18-21H,8-10,14-15,17,22-23H2,1-7H3. The molecule has 2 aromatic carbocycles. The van der Waals surface area contributed by atoms with Crippen molar-refractivity contribution in [3.8, 4) is 0 Å². The Morgan fingerprint density at radius 2 is 1.68 bits per heavy atom. The molecule has 0 spiro atoms. The van der Waals surface area contributed by atoms with Crippen LogP contribution in [-0.4, -0.2) is 69.1 Å². The van der Waals surface area contributed by atoms with Crippen LogP contribution in [0, 0.1) is 13.8 Å². The minimum absolute atomic E-state index is 0.0832. The molecule has 0 radical (unpaired) electrons. The lowest BCUT2D eigenvalue weighted by atomic mass is 9.84. The summed E-state index contributed by atoms with van der Waals surface area (Å²) in [6.07, 6.45) is 2.59. The average molecular weight is 604 g/mol. The Morgan fingerprint density at radius 3 is 2.30 bits per heavy atom. The maximum absolute atomic E-state index is 14.2. The molecule has 0 bridgehead atoms. The Hall–Kier alpha value is -4.14. The van der Waals surface area contributed by atoms with Gasteiger partial charge in [0.2, 0.25) is 11.8 Å². The normalized spacial score (nSPS) is 16.4. The number of benzene rings is 2. The fourth-order valence-corrected chi connectivity index (χ4v) is 5.83. The fraction of sp³-hybridized carbons (Fsp3) is 0.486. The smallest absolute Gasteiger partial charge is 0.418 e. The number of carbonyl (C=O) groups excluding carboxylic acids is 4. The van der Waals surface area contributed by atoms with E-state index in [0.29, 0.717) is 38.1 Å². The number of aryl methyl sites for hydroxylation is 2. The van der Waals surface area contributed by atoms with E-state index in [4.69, 9.17) is 9.47 Å². The number of amides is 2. The minimum atomic E-state index is -0.985. The lowest BCUT2D eigenvalue weighted by Crippen LogP contribution is -2.68. The van der Waals surface area contributed by atoms with E-state index < -0.39 is 17.2 Å². The molecular weight excluding hydrogens is 558 g/mol. The predicted molar refractivity (Wildman–Crippen MR) is 169 cm³/mol. The first-order valence-electron chi connectivity index (χ1n) is 15.4. The van der Waals surface area contributed by atoms with Gasteiger partial charge in [0.1, 0.15) is 11.1 Å². The van der Waals surface area contributed by atoms with Gasteiger partial charge in [-0.2, -0.15) is 0 Å². The van der Waals surface area contributed by atoms with Gasteiger partial charge in [0, 0.05) is 37.6 Å². The van der Waals surface area contributed by atoms with E-state index in [1.54, 1.807) is 22.9 Å². The van der Waals surface area contributed by atoms with Crippen molar-refractivity contribution < 1.29 is 28.7 Å². The van der Waals surface area contributed by atoms with Crippen molar-refractivity contribution in [1.29, 1.82) is 0 Å². The Morgan fingerprint density at radius 1 is 0.977 bits per heavy atom. The van der Waals surface area contributed by atoms with Crippen molar-refractivity contribution in [2.75, 3.05) is 19.7 Å². The third kappa shape index (κ3) is 7.68. The molecule has 4 rings (SSSR count). The molecule has 0 N–H and O–H groups in total. The third-order valence-electron chi connectivity index (χ3n) is 7.94. The molecule has 3 aromatic rings. The predicted octanol–water partition coefficient (Wildman–Crippen LogP) is 5.95. The lowest BCUT2D eigenvalue weighted by Gasteiger charge is -2.51. The Balaban J connectivity index is 1.57. The van der Waals surface area contributed by atoms with Gasteiger partial charge in [-0.15, -0.1) is 0 Å². The summed E-state index contributed by atoms with van der Waals surface area (Å²) in [6.45, 7) is 14.4. The molecule has 2 heterocycles. The molecule has 1 saturated heterocycles. The zero-order valence-corrected chi connectivity index (χ0v) is 27.1. The molecule has 1 aromatic heterocycles. The van der Waals surface area contributed by atoms with Crippen LogP contribution in [0.2, 0.25) is 0 Å². The highest BCUT2D eigenvalue weighted by atomic mass is 16.6. The Labute approximate surface area is 260 Å². The monoisotopic (exact) mass is 603 g/mol. The largest absolute Gasteiger partial charge is 0.466 e. The average Bonchev–Trinajstić information content (AvgIpc) is 3.33. The van der Waals surface area contributed by atoms with Crippen molar-refractivity contribution in [3.05, 3.63) is 70.9 Å². The van der Waals surface area contributed by atoms with E-state index in [9.17, 15) is 19.2 Å². The van der Waals surface area contributed by atoms with E-state index >= 15 is 0 Å². The van der Waals surface area contributed by atoms with E-state index in [1.807, 2.05) is 77.9 Å². The van der Waals surface area contributed by atoms with Crippen molar-refractivity contribution in [2.24, 2.45) is 0 Å². The number of esters is 1. The quantitative estimate of drug-likeness (QED) is 0.266. The summed E-state index contributed by atoms with van der Waals surface area (Å²) >= 11 is 0. The molecule has 1 aliphatic rings. The van der Waals surface area contributed by atoms with E-state index in [0.717, 1.165) is 27.6 Å². The van der Waals surface area contributed by atoms with Crippen LogP contribution in [0.25, 0.3) is 10.9 Å². The molecular formula is C35H45N3O6. The first-order valence-corrected chi connectivity index (χ1v) is 15.4. The zero-order valence-electron chi connectivity index (χ0n) is 27.1. The molecule has 2 amide bonds. The second kappa shape index (κ2) is 13.2. The van der Waals surface area contributed by atoms with Crippen LogP contribution < -0.4 is 0 Å². The Bertz CT molecular complexity index is 1530. The summed E-state index contributed by atoms with van der Waals surface area (Å²) in [5.41, 5.74) is 2.99. The van der Waals surface area contributed by atoms with Gasteiger partial charge in [-0.25, -0.2) is 4.79 Å². The Kier molecular flexibility index (Phi) is 9.86. The summed E-state index contributed by atoms with van der Waals surface area (Å²) in [4.78, 5) is 56.0. The number of likely N-dealkylation sites (tertiary alicyclic amines) is 1. The SMILES string of the molecule is CCOC(=O)CCCN(Cc1ccc2ccn(C(=O)OC(C)(C)C)c2c1)C(=O)C1(C)CCN1C(=O)Cc1cc(C)cc(C)c1. The van der Waals surface area contributed by atoms with E-state index in [1.165, 1.54) is 4.57 Å². The van der Waals surface area contributed by atoms with Crippen LogP contribution in [0.4, 0.5) is 4.79 Å². The molecule has 1 aliphatic heterocycles. The summed E-state index contributed by atoms with van der Waals surface area (Å²) < 4.78 is 12.1. The van der Waals surface area contributed by atoms with Crippen molar-refractivity contribution in [3.63, 3.8) is 0 Å². The minimum Gasteiger partial charge on any atom is -0.466 e. The molecule has 1 fully saturated rings. The molecule has 1 unspecified atom stereocenters. The first kappa shape index (κ1) is 32.8. The highest BCUT2D eigenvalue weighted by molar-refractivity contribution is 5.94. The van der Waals surface area contributed by atoms with Crippen molar-refractivity contribution >= 4 is 34.8 Å². The number of fused-ring (bicyclic) bond motifs is 1. The maximum atomic E-state index is 14.2. The molecule has 0 aliphatic carbocycles. The number of nitrogens with zero attached hydrogens (tertiary/aromatic N) is 3. The highest BCUT2D eigenvalue weighted by Gasteiger charge is 2.50. The van der Waals surface area contributed by atoms with Gasteiger partial charge >= 0.3 is 12.1 Å². The summed E-state index contributed by atoms with van der Waals surface area (Å²) in [5, 5.41) is 0.869. The van der Waals surface area contributed by atoms with Gasteiger partial charge in [0.25, 0.3) is 0 Å². The van der Waals surface area contributed by atoms with Crippen molar-refractivity contribution in [2.45, 2.75) is 91.8 Å². The van der Waals surface area contributed by atoms with Gasteiger partial charge in [0.15, 0.2) is 0 Å². The highest BCUT2D eigenvalue weighted by Crippen LogP contribution is 2.34. The summed E-state index contributed by atoms with van der Waals surface area (Å²) in [5.74, 6) is -0.555. The topological polar surface area (TPSA) is 98.2 Å². The van der Waals surface area contributed by atoms with Crippen LogP contribution >= 0.6 is 0 Å². The summed E-state index contributed by atoms with van der Waals surface area (Å²) in [7, 11) is 0. The van der Waals surface area contributed by atoms with Crippen LogP contribution in [0.15, 0.2) is 48.7 Å². The maximum Gasteiger partial charge on any atom is 0.418 e. The van der Waals surface area contributed by atoms with Crippen LogP contribution in [0.1, 0.15) is 76.1 Å². The number of ether oxygens (including phenoxy) is 2. The van der Waals surface area contributed by atoms with Crippen molar-refractivity contribution in [1.82, 2.24) is 14.4 Å². The number of rotatable bonds is 10. The van der Waals surface area contributed by atoms with Crippen LogP contribution in [0.3, 0.4) is 0 Å². The second-order valence-corrected chi connectivity index (χ2v) is 12.9. The summed E-state index contributed by atoms with van der Waals surface area (Å²) in [6, 6.07) is 13.7. The lowest BCUT2D eigenvalue weighted by molar-refractivity contribution is -0.164. The van der Waals surface area contributed by atoms with Gasteiger partial charge in [0.05, 0.1) is 18.5 Å². The van der Waals surface area contributed by atoms with Crippen LogP contribution in [0.5, 0.6) is 0 Å². The second-order valence-electron chi connectivity index (χ2n) is 12.9. The molecule has 9 nitrogen and oxygen atoms in total. The molecule has 236 valence electrons.